The van der Waals surface area contributed by atoms with Crippen LogP contribution >= 0.6 is 0 Å². The smallest absolute Gasteiger partial charge is 0.410 e. The fraction of sp³-hybridized carbons (Fsp3) is 0.762. The fourth-order valence-electron chi connectivity index (χ4n) is 2.51. The van der Waals surface area contributed by atoms with Crippen LogP contribution in [0.4, 0.5) is 4.79 Å². The molecule has 0 aliphatic heterocycles. The number of amides is 1. The molecule has 0 rings (SSSR count). The van der Waals surface area contributed by atoms with Gasteiger partial charge in [0, 0.05) is 13.1 Å². The van der Waals surface area contributed by atoms with Gasteiger partial charge in [0.05, 0.1) is 0 Å². The summed E-state index contributed by atoms with van der Waals surface area (Å²) in [5.41, 5.74) is -0.429. The Bertz CT molecular complexity index is 344. The van der Waals surface area contributed by atoms with Crippen LogP contribution in [-0.2, 0) is 4.74 Å². The van der Waals surface area contributed by atoms with Crippen LogP contribution in [0.5, 0.6) is 0 Å². The summed E-state index contributed by atoms with van der Waals surface area (Å²) >= 11 is 0. The molecule has 0 radical (unpaired) electrons. The monoisotopic (exact) mass is 337 g/mol. The topological polar surface area (TPSA) is 29.5 Å². The van der Waals surface area contributed by atoms with Crippen molar-refractivity contribution in [3.63, 3.8) is 0 Å². The fourth-order valence-corrected chi connectivity index (χ4v) is 2.51. The molecule has 1 amide bonds. The molecule has 3 heteroatoms. The Kier molecular flexibility index (Phi) is 13.4. The predicted molar refractivity (Wildman–Crippen MR) is 104 cm³/mol. The standard InChI is InChI=1S/C21H39NO2/c1-6-8-10-12-13-14-15-17-19-22(18-16-11-9-7-2)20(23)24-21(3,4)5/h6-7H,1-2,8-19H2,3-5H3. The highest BCUT2D eigenvalue weighted by Gasteiger charge is 2.21. The average molecular weight is 338 g/mol. The minimum atomic E-state index is -0.429. The summed E-state index contributed by atoms with van der Waals surface area (Å²) in [6.45, 7) is 14.8. The molecule has 140 valence electrons. The maximum atomic E-state index is 12.3. The van der Waals surface area contributed by atoms with Crippen LogP contribution in [0.1, 0.15) is 85.0 Å². The Hall–Kier alpha value is -1.25. The first kappa shape index (κ1) is 22.8. The summed E-state index contributed by atoms with van der Waals surface area (Å²) < 4.78 is 5.54. The van der Waals surface area contributed by atoms with E-state index in [0.29, 0.717) is 0 Å². The van der Waals surface area contributed by atoms with Crippen LogP contribution in [0.25, 0.3) is 0 Å². The summed E-state index contributed by atoms with van der Waals surface area (Å²) in [4.78, 5) is 14.2. The highest BCUT2D eigenvalue weighted by molar-refractivity contribution is 5.68. The van der Waals surface area contributed by atoms with Gasteiger partial charge in [-0.1, -0.05) is 37.8 Å². The zero-order valence-corrected chi connectivity index (χ0v) is 16.3. The second kappa shape index (κ2) is 14.1. The van der Waals surface area contributed by atoms with Crippen molar-refractivity contribution < 1.29 is 9.53 Å². The Morgan fingerprint density at radius 3 is 1.75 bits per heavy atom. The third-order valence-corrected chi connectivity index (χ3v) is 3.82. The maximum absolute atomic E-state index is 12.3. The summed E-state index contributed by atoms with van der Waals surface area (Å²) in [5.74, 6) is 0. The van der Waals surface area contributed by atoms with Crippen LogP contribution in [-0.4, -0.2) is 29.7 Å². The van der Waals surface area contributed by atoms with Gasteiger partial charge < -0.3 is 9.64 Å². The number of unbranched alkanes of at least 4 members (excludes halogenated alkanes) is 8. The lowest BCUT2D eigenvalue weighted by Gasteiger charge is -2.27. The molecule has 0 aromatic rings. The van der Waals surface area contributed by atoms with E-state index in [1.165, 1.54) is 32.1 Å². The number of carbonyl (C=O) groups excluding carboxylic acids is 1. The lowest BCUT2D eigenvalue weighted by Crippen LogP contribution is -2.38. The Labute approximate surface area is 150 Å². The van der Waals surface area contributed by atoms with Crippen LogP contribution in [0, 0.1) is 0 Å². The summed E-state index contributed by atoms with van der Waals surface area (Å²) in [5, 5.41) is 0. The highest BCUT2D eigenvalue weighted by Crippen LogP contribution is 2.13. The zero-order chi connectivity index (χ0) is 18.3. The molecule has 0 aromatic carbocycles. The Balaban J connectivity index is 4.07. The molecule has 0 N–H and O–H groups in total. The Morgan fingerprint density at radius 1 is 0.833 bits per heavy atom. The van der Waals surface area contributed by atoms with E-state index in [2.05, 4.69) is 13.2 Å². The number of hydrogen-bond acceptors (Lipinski definition) is 2. The number of carbonyl (C=O) groups is 1. The molecule has 0 saturated carbocycles. The second-order valence-corrected chi connectivity index (χ2v) is 7.45. The molecular formula is C21H39NO2. The predicted octanol–water partition coefficient (Wildman–Crippen LogP) is 6.50. The molecule has 0 spiro atoms. The molecule has 0 bridgehead atoms. The van der Waals surface area contributed by atoms with E-state index in [0.717, 1.165) is 45.2 Å². The highest BCUT2D eigenvalue weighted by atomic mass is 16.6. The molecule has 0 unspecified atom stereocenters. The maximum Gasteiger partial charge on any atom is 0.410 e. The lowest BCUT2D eigenvalue weighted by atomic mass is 10.1. The van der Waals surface area contributed by atoms with Gasteiger partial charge in [-0.15, -0.1) is 13.2 Å². The van der Waals surface area contributed by atoms with Crippen LogP contribution in [0.2, 0.25) is 0 Å². The van der Waals surface area contributed by atoms with Gasteiger partial charge in [0.2, 0.25) is 0 Å². The van der Waals surface area contributed by atoms with Gasteiger partial charge in [-0.05, 0) is 59.3 Å². The molecule has 3 nitrogen and oxygen atoms in total. The van der Waals surface area contributed by atoms with Gasteiger partial charge in [0.1, 0.15) is 5.60 Å². The van der Waals surface area contributed by atoms with Crippen molar-refractivity contribution >= 4 is 6.09 Å². The van der Waals surface area contributed by atoms with Crippen molar-refractivity contribution in [1.29, 1.82) is 0 Å². The molecule has 0 aromatic heterocycles. The van der Waals surface area contributed by atoms with Crippen molar-refractivity contribution in [3.05, 3.63) is 25.3 Å². The van der Waals surface area contributed by atoms with Gasteiger partial charge in [0.25, 0.3) is 0 Å². The molecule has 0 fully saturated rings. The van der Waals surface area contributed by atoms with E-state index in [1.54, 1.807) is 0 Å². The zero-order valence-electron chi connectivity index (χ0n) is 16.3. The molecule has 0 aliphatic carbocycles. The molecular weight excluding hydrogens is 298 g/mol. The number of ether oxygens (including phenoxy) is 1. The first-order valence-electron chi connectivity index (χ1n) is 9.60. The van der Waals surface area contributed by atoms with Gasteiger partial charge in [-0.2, -0.15) is 0 Å². The second-order valence-electron chi connectivity index (χ2n) is 7.45. The van der Waals surface area contributed by atoms with Gasteiger partial charge >= 0.3 is 6.09 Å². The Morgan fingerprint density at radius 2 is 1.25 bits per heavy atom. The normalized spacial score (nSPS) is 11.1. The van der Waals surface area contributed by atoms with Crippen molar-refractivity contribution in [1.82, 2.24) is 4.90 Å². The first-order chi connectivity index (χ1) is 11.4. The van der Waals surface area contributed by atoms with Gasteiger partial charge in [0.15, 0.2) is 0 Å². The molecule has 0 aliphatic rings. The van der Waals surface area contributed by atoms with E-state index in [1.807, 2.05) is 37.8 Å². The first-order valence-corrected chi connectivity index (χ1v) is 9.60. The SMILES string of the molecule is C=CCCCCCCCCN(CCCCC=C)C(=O)OC(C)(C)C. The van der Waals surface area contributed by atoms with Crippen LogP contribution in [0.15, 0.2) is 25.3 Å². The largest absolute Gasteiger partial charge is 0.444 e. The van der Waals surface area contributed by atoms with Crippen molar-refractivity contribution in [2.45, 2.75) is 90.6 Å². The van der Waals surface area contributed by atoms with E-state index in [4.69, 9.17) is 4.74 Å². The number of nitrogens with zero attached hydrogens (tertiary/aromatic N) is 1. The van der Waals surface area contributed by atoms with Crippen LogP contribution < -0.4 is 0 Å². The molecule has 0 atom stereocenters. The minimum Gasteiger partial charge on any atom is -0.444 e. The summed E-state index contributed by atoms with van der Waals surface area (Å²) in [7, 11) is 0. The van der Waals surface area contributed by atoms with Crippen molar-refractivity contribution in [3.8, 4) is 0 Å². The quantitative estimate of drug-likeness (QED) is 0.267. The van der Waals surface area contributed by atoms with E-state index < -0.39 is 5.60 Å². The number of allylic oxidation sites excluding steroid dienone is 2. The molecule has 0 saturated heterocycles. The molecule has 24 heavy (non-hydrogen) atoms. The van der Waals surface area contributed by atoms with Crippen molar-refractivity contribution in [2.24, 2.45) is 0 Å². The lowest BCUT2D eigenvalue weighted by molar-refractivity contribution is 0.0244. The number of hydrogen-bond donors (Lipinski definition) is 0. The van der Waals surface area contributed by atoms with E-state index in [9.17, 15) is 4.79 Å². The van der Waals surface area contributed by atoms with Gasteiger partial charge in [-0.25, -0.2) is 4.79 Å². The number of rotatable bonds is 14. The third kappa shape index (κ3) is 14.3. The average Bonchev–Trinajstić information content (AvgIpc) is 2.50. The van der Waals surface area contributed by atoms with Crippen LogP contribution in [0.3, 0.4) is 0 Å². The van der Waals surface area contributed by atoms with Crippen molar-refractivity contribution in [2.75, 3.05) is 13.1 Å². The van der Waals surface area contributed by atoms with E-state index >= 15 is 0 Å². The summed E-state index contributed by atoms with van der Waals surface area (Å²) in [6.07, 6.45) is 15.3. The molecule has 0 heterocycles. The summed E-state index contributed by atoms with van der Waals surface area (Å²) in [6, 6.07) is 0. The minimum absolute atomic E-state index is 0.174. The van der Waals surface area contributed by atoms with Gasteiger partial charge in [-0.3, -0.25) is 0 Å². The third-order valence-electron chi connectivity index (χ3n) is 3.82. The van der Waals surface area contributed by atoms with E-state index in [-0.39, 0.29) is 6.09 Å².